The third-order valence-corrected chi connectivity index (χ3v) is 3.27. The Labute approximate surface area is 92.9 Å². The lowest BCUT2D eigenvalue weighted by molar-refractivity contribution is -0.383. The molecule has 0 saturated heterocycles. The molecule has 1 aliphatic rings. The quantitative estimate of drug-likeness (QED) is 0.539. The number of fused-ring (bicyclic) bond motifs is 2. The highest BCUT2D eigenvalue weighted by Gasteiger charge is 2.16. The van der Waals surface area contributed by atoms with E-state index in [0.717, 1.165) is 23.6 Å². The summed E-state index contributed by atoms with van der Waals surface area (Å²) in [5.74, 6) is 0. The van der Waals surface area contributed by atoms with Crippen LogP contribution in [-0.4, -0.2) is 4.92 Å². The van der Waals surface area contributed by atoms with E-state index in [4.69, 9.17) is 0 Å². The van der Waals surface area contributed by atoms with Gasteiger partial charge in [0.05, 0.1) is 10.3 Å². The van der Waals surface area contributed by atoms with Crippen LogP contribution in [0.25, 0.3) is 10.8 Å². The van der Waals surface area contributed by atoms with E-state index in [0.29, 0.717) is 0 Å². The lowest BCUT2D eigenvalue weighted by atomic mass is 10.0. The van der Waals surface area contributed by atoms with Gasteiger partial charge in [-0.1, -0.05) is 18.2 Å². The number of hydrogen-bond acceptors (Lipinski definition) is 2. The maximum atomic E-state index is 10.9. The SMILES string of the molecule is O=[N+]([O-])c1cccc2cc3c(cc12)CCC3. The maximum absolute atomic E-state index is 10.9. The number of nitro groups is 1. The predicted octanol–water partition coefficient (Wildman–Crippen LogP) is 3.24. The molecule has 0 saturated carbocycles. The molecule has 0 amide bonds. The Hall–Kier alpha value is -1.90. The summed E-state index contributed by atoms with van der Waals surface area (Å²) < 4.78 is 0. The number of non-ortho nitro benzene ring substituents is 1. The average Bonchev–Trinajstić information content (AvgIpc) is 2.71. The van der Waals surface area contributed by atoms with Crippen LogP contribution in [-0.2, 0) is 12.8 Å². The molecule has 0 atom stereocenters. The highest BCUT2D eigenvalue weighted by Crippen LogP contribution is 2.31. The minimum atomic E-state index is -0.302. The Morgan fingerprint density at radius 1 is 1.12 bits per heavy atom. The van der Waals surface area contributed by atoms with E-state index in [9.17, 15) is 10.1 Å². The smallest absolute Gasteiger partial charge is 0.258 e. The van der Waals surface area contributed by atoms with Crippen LogP contribution in [0, 0.1) is 10.1 Å². The van der Waals surface area contributed by atoms with Crippen molar-refractivity contribution >= 4 is 16.5 Å². The molecule has 80 valence electrons. The normalized spacial score (nSPS) is 14.0. The molecule has 0 bridgehead atoms. The van der Waals surface area contributed by atoms with Crippen LogP contribution in [0.15, 0.2) is 30.3 Å². The molecule has 0 heterocycles. The molecule has 0 aliphatic heterocycles. The topological polar surface area (TPSA) is 43.1 Å². The summed E-state index contributed by atoms with van der Waals surface area (Å²) in [6, 6.07) is 9.37. The third kappa shape index (κ3) is 1.28. The van der Waals surface area contributed by atoms with Crippen LogP contribution in [0.4, 0.5) is 5.69 Å². The van der Waals surface area contributed by atoms with E-state index in [-0.39, 0.29) is 10.6 Å². The number of aryl methyl sites for hydroxylation is 2. The minimum Gasteiger partial charge on any atom is -0.258 e. The van der Waals surface area contributed by atoms with Crippen LogP contribution in [0.2, 0.25) is 0 Å². The van der Waals surface area contributed by atoms with E-state index >= 15 is 0 Å². The fraction of sp³-hybridized carbons (Fsp3) is 0.231. The molecular weight excluding hydrogens is 202 g/mol. The molecule has 0 N–H and O–H groups in total. The Balaban J connectivity index is 2.35. The van der Waals surface area contributed by atoms with Gasteiger partial charge in [0.1, 0.15) is 0 Å². The molecule has 2 aromatic rings. The number of benzene rings is 2. The van der Waals surface area contributed by atoms with Gasteiger partial charge < -0.3 is 0 Å². The summed E-state index contributed by atoms with van der Waals surface area (Å²) in [5, 5.41) is 12.7. The summed E-state index contributed by atoms with van der Waals surface area (Å²) in [4.78, 5) is 10.6. The molecule has 1 aliphatic carbocycles. The van der Waals surface area contributed by atoms with E-state index < -0.39 is 0 Å². The molecule has 0 aromatic heterocycles. The second-order valence-electron chi connectivity index (χ2n) is 4.23. The summed E-state index contributed by atoms with van der Waals surface area (Å²) in [7, 11) is 0. The van der Waals surface area contributed by atoms with Crippen molar-refractivity contribution in [2.45, 2.75) is 19.3 Å². The fourth-order valence-corrected chi connectivity index (χ4v) is 2.49. The minimum absolute atomic E-state index is 0.215. The first kappa shape index (κ1) is 9.33. The first-order valence-corrected chi connectivity index (χ1v) is 5.44. The lowest BCUT2D eigenvalue weighted by Crippen LogP contribution is -1.91. The van der Waals surface area contributed by atoms with Crippen molar-refractivity contribution < 1.29 is 4.92 Å². The Morgan fingerprint density at radius 3 is 2.62 bits per heavy atom. The van der Waals surface area contributed by atoms with Crippen molar-refractivity contribution in [3.05, 3.63) is 51.6 Å². The molecule has 3 nitrogen and oxygen atoms in total. The molecule has 0 radical (unpaired) electrons. The average molecular weight is 213 g/mol. The first-order valence-electron chi connectivity index (χ1n) is 5.44. The van der Waals surface area contributed by atoms with Gasteiger partial charge in [0.25, 0.3) is 5.69 Å². The summed E-state index contributed by atoms with van der Waals surface area (Å²) in [6.45, 7) is 0. The van der Waals surface area contributed by atoms with Crippen LogP contribution in [0.1, 0.15) is 17.5 Å². The number of nitro benzene ring substituents is 1. The van der Waals surface area contributed by atoms with Crippen LogP contribution < -0.4 is 0 Å². The van der Waals surface area contributed by atoms with Crippen molar-refractivity contribution in [1.29, 1.82) is 0 Å². The van der Waals surface area contributed by atoms with Crippen molar-refractivity contribution in [2.75, 3.05) is 0 Å². The fourth-order valence-electron chi connectivity index (χ4n) is 2.49. The van der Waals surface area contributed by atoms with Gasteiger partial charge in [-0.15, -0.1) is 0 Å². The molecular formula is C13H11NO2. The Kier molecular flexibility index (Phi) is 1.93. The maximum Gasteiger partial charge on any atom is 0.277 e. The second-order valence-corrected chi connectivity index (χ2v) is 4.23. The Bertz CT molecular complexity index is 590. The van der Waals surface area contributed by atoms with Crippen molar-refractivity contribution in [3.8, 4) is 0 Å². The van der Waals surface area contributed by atoms with E-state index in [2.05, 4.69) is 6.07 Å². The van der Waals surface area contributed by atoms with Crippen LogP contribution in [0.5, 0.6) is 0 Å². The Morgan fingerprint density at radius 2 is 1.88 bits per heavy atom. The number of nitrogens with zero attached hydrogens (tertiary/aromatic N) is 1. The van der Waals surface area contributed by atoms with E-state index in [1.54, 1.807) is 12.1 Å². The molecule has 2 aromatic carbocycles. The molecule has 16 heavy (non-hydrogen) atoms. The van der Waals surface area contributed by atoms with E-state index in [1.807, 2.05) is 12.1 Å². The van der Waals surface area contributed by atoms with Gasteiger partial charge in [-0.3, -0.25) is 10.1 Å². The standard InChI is InChI=1S/C13H11NO2/c15-14(16)13-6-2-5-11-7-9-3-1-4-10(9)8-12(11)13/h2,5-8H,1,3-4H2. The van der Waals surface area contributed by atoms with Gasteiger partial charge in [-0.25, -0.2) is 0 Å². The van der Waals surface area contributed by atoms with Crippen molar-refractivity contribution in [1.82, 2.24) is 0 Å². The number of hydrogen-bond donors (Lipinski definition) is 0. The van der Waals surface area contributed by atoms with Gasteiger partial charge in [0.2, 0.25) is 0 Å². The largest absolute Gasteiger partial charge is 0.277 e. The highest BCUT2D eigenvalue weighted by atomic mass is 16.6. The zero-order valence-corrected chi connectivity index (χ0v) is 8.77. The van der Waals surface area contributed by atoms with E-state index in [1.165, 1.54) is 17.5 Å². The first-order chi connectivity index (χ1) is 7.75. The van der Waals surface area contributed by atoms with Gasteiger partial charge in [-0.2, -0.15) is 0 Å². The van der Waals surface area contributed by atoms with Crippen molar-refractivity contribution in [3.63, 3.8) is 0 Å². The molecule has 0 unspecified atom stereocenters. The molecule has 3 heteroatoms. The van der Waals surface area contributed by atoms with Gasteiger partial charge >= 0.3 is 0 Å². The molecule has 0 spiro atoms. The van der Waals surface area contributed by atoms with Gasteiger partial charge in [-0.05, 0) is 41.8 Å². The predicted molar refractivity (Wildman–Crippen MR) is 62.6 cm³/mol. The monoisotopic (exact) mass is 213 g/mol. The summed E-state index contributed by atoms with van der Waals surface area (Å²) >= 11 is 0. The summed E-state index contributed by atoms with van der Waals surface area (Å²) in [5.41, 5.74) is 2.85. The second kappa shape index (κ2) is 3.30. The summed E-state index contributed by atoms with van der Waals surface area (Å²) in [6.07, 6.45) is 3.32. The van der Waals surface area contributed by atoms with Crippen LogP contribution >= 0.6 is 0 Å². The van der Waals surface area contributed by atoms with Crippen molar-refractivity contribution in [2.24, 2.45) is 0 Å². The zero-order valence-electron chi connectivity index (χ0n) is 8.77. The molecule has 0 fully saturated rings. The zero-order chi connectivity index (χ0) is 11.1. The molecule has 3 rings (SSSR count). The van der Waals surface area contributed by atoms with Gasteiger partial charge in [0.15, 0.2) is 0 Å². The number of rotatable bonds is 1. The van der Waals surface area contributed by atoms with Crippen LogP contribution in [0.3, 0.4) is 0 Å². The lowest BCUT2D eigenvalue weighted by Gasteiger charge is -2.03. The third-order valence-electron chi connectivity index (χ3n) is 3.27. The van der Waals surface area contributed by atoms with Gasteiger partial charge in [0, 0.05) is 6.07 Å². The highest BCUT2D eigenvalue weighted by molar-refractivity contribution is 5.92.